The molecule has 0 spiro atoms. The fourth-order valence-electron chi connectivity index (χ4n) is 3.23. The molecule has 144 valence electrons. The minimum Gasteiger partial charge on any atom is -0.481 e. The lowest BCUT2D eigenvalue weighted by Crippen LogP contribution is -2.37. The summed E-state index contributed by atoms with van der Waals surface area (Å²) in [6.07, 6.45) is 4.26. The van der Waals surface area contributed by atoms with E-state index in [1.807, 2.05) is 30.3 Å². The molecule has 0 fully saturated rings. The summed E-state index contributed by atoms with van der Waals surface area (Å²) < 4.78 is 5.85. The van der Waals surface area contributed by atoms with Crippen LogP contribution in [0.3, 0.4) is 0 Å². The van der Waals surface area contributed by atoms with Gasteiger partial charge in [0, 0.05) is 23.1 Å². The van der Waals surface area contributed by atoms with Gasteiger partial charge in [-0.05, 0) is 67.5 Å². The molecule has 0 aliphatic heterocycles. The molecule has 0 aromatic heterocycles. The Labute approximate surface area is 170 Å². The van der Waals surface area contributed by atoms with Crippen LogP contribution in [0.2, 0.25) is 5.02 Å². The first-order chi connectivity index (χ1) is 13.1. The molecular weight excluding hydrogens is 378 g/mol. The summed E-state index contributed by atoms with van der Waals surface area (Å²) in [4.78, 5) is 12.3. The van der Waals surface area contributed by atoms with Crippen LogP contribution in [0.15, 0.2) is 42.5 Å². The Balaban J connectivity index is 1.38. The number of hydrogen-bond donors (Lipinski definition) is 1. The number of halogens is 1. The predicted molar refractivity (Wildman–Crippen MR) is 114 cm³/mol. The summed E-state index contributed by atoms with van der Waals surface area (Å²) in [5.41, 5.74) is 3.91. The maximum Gasteiger partial charge on any atom is 0.260 e. The van der Waals surface area contributed by atoms with Crippen LogP contribution in [0.1, 0.15) is 36.5 Å². The number of thioether (sulfide) groups is 1. The quantitative estimate of drug-likeness (QED) is 0.628. The van der Waals surface area contributed by atoms with Crippen molar-refractivity contribution in [2.75, 3.05) is 12.3 Å². The molecule has 1 atom stereocenters. The summed E-state index contributed by atoms with van der Waals surface area (Å²) in [5.74, 6) is 2.39. The Morgan fingerprint density at radius 1 is 1.19 bits per heavy atom. The van der Waals surface area contributed by atoms with Gasteiger partial charge in [-0.25, -0.2) is 0 Å². The Morgan fingerprint density at radius 3 is 2.78 bits per heavy atom. The van der Waals surface area contributed by atoms with E-state index in [9.17, 15) is 4.79 Å². The number of carbonyl (C=O) groups excluding carboxylic acids is 1. The van der Waals surface area contributed by atoms with Crippen molar-refractivity contribution in [3.63, 3.8) is 0 Å². The van der Waals surface area contributed by atoms with E-state index in [2.05, 4.69) is 17.4 Å². The fourth-order valence-corrected chi connectivity index (χ4v) is 4.37. The maximum absolute atomic E-state index is 12.3. The third-order valence-corrected chi connectivity index (χ3v) is 6.14. The van der Waals surface area contributed by atoms with E-state index in [1.54, 1.807) is 18.7 Å². The second kappa shape index (κ2) is 10.0. The van der Waals surface area contributed by atoms with Gasteiger partial charge in [-0.15, -0.1) is 0 Å². The predicted octanol–water partition coefficient (Wildman–Crippen LogP) is 5.04. The standard InChI is InChI=1S/C22H26ClNO2S/c1-16(26-20-11-10-17-6-2-3-7-18(17)14-20)22(25)24-12-13-27-15-19-8-4-5-9-21(19)23/h4-5,8-11,14,16H,2-3,6-7,12-13,15H2,1H3,(H,24,25)/t16-/m1/s1. The van der Waals surface area contributed by atoms with Gasteiger partial charge in [-0.2, -0.15) is 11.8 Å². The molecule has 5 heteroatoms. The van der Waals surface area contributed by atoms with Crippen LogP contribution in [-0.4, -0.2) is 24.3 Å². The zero-order chi connectivity index (χ0) is 19.1. The largest absolute Gasteiger partial charge is 0.481 e. The molecule has 3 rings (SSSR count). The lowest BCUT2D eigenvalue weighted by molar-refractivity contribution is -0.127. The summed E-state index contributed by atoms with van der Waals surface area (Å²) in [6, 6.07) is 14.1. The average molecular weight is 404 g/mol. The van der Waals surface area contributed by atoms with E-state index < -0.39 is 6.10 Å². The number of fused-ring (bicyclic) bond motifs is 1. The van der Waals surface area contributed by atoms with E-state index in [4.69, 9.17) is 16.3 Å². The smallest absolute Gasteiger partial charge is 0.260 e. The molecule has 1 aliphatic carbocycles. The summed E-state index contributed by atoms with van der Waals surface area (Å²) in [6.45, 7) is 2.41. The average Bonchev–Trinajstić information content (AvgIpc) is 2.68. The third kappa shape index (κ3) is 5.91. The fraction of sp³-hybridized carbons (Fsp3) is 0.409. The second-order valence-corrected chi connectivity index (χ2v) is 8.35. The van der Waals surface area contributed by atoms with Gasteiger partial charge in [0.1, 0.15) is 5.75 Å². The normalized spacial score (nSPS) is 14.3. The van der Waals surface area contributed by atoms with E-state index >= 15 is 0 Å². The van der Waals surface area contributed by atoms with Crippen LogP contribution in [0.4, 0.5) is 0 Å². The molecule has 1 aliphatic rings. The van der Waals surface area contributed by atoms with Gasteiger partial charge in [-0.3, -0.25) is 4.79 Å². The zero-order valence-electron chi connectivity index (χ0n) is 15.7. The molecule has 0 saturated heterocycles. The molecule has 1 N–H and O–H groups in total. The van der Waals surface area contributed by atoms with Gasteiger partial charge in [0.15, 0.2) is 6.10 Å². The molecule has 1 amide bonds. The van der Waals surface area contributed by atoms with Crippen molar-refractivity contribution in [2.45, 2.75) is 44.5 Å². The summed E-state index contributed by atoms with van der Waals surface area (Å²) >= 11 is 7.90. The first-order valence-electron chi connectivity index (χ1n) is 9.51. The molecule has 0 heterocycles. The van der Waals surface area contributed by atoms with Crippen molar-refractivity contribution in [1.82, 2.24) is 5.32 Å². The highest BCUT2D eigenvalue weighted by molar-refractivity contribution is 7.98. The third-order valence-electron chi connectivity index (χ3n) is 4.76. The monoisotopic (exact) mass is 403 g/mol. The number of nitrogens with one attached hydrogen (secondary N) is 1. The van der Waals surface area contributed by atoms with Crippen LogP contribution >= 0.6 is 23.4 Å². The highest BCUT2D eigenvalue weighted by Crippen LogP contribution is 2.26. The number of rotatable bonds is 8. The number of ether oxygens (including phenoxy) is 1. The van der Waals surface area contributed by atoms with Crippen molar-refractivity contribution in [2.24, 2.45) is 0 Å². The number of amides is 1. The lowest BCUT2D eigenvalue weighted by atomic mass is 9.92. The van der Waals surface area contributed by atoms with Gasteiger partial charge in [0.05, 0.1) is 0 Å². The second-order valence-electron chi connectivity index (χ2n) is 6.83. The number of aryl methyl sites for hydroxylation is 2. The van der Waals surface area contributed by atoms with Gasteiger partial charge in [0.25, 0.3) is 5.91 Å². The molecule has 3 nitrogen and oxygen atoms in total. The molecule has 0 unspecified atom stereocenters. The first kappa shape index (κ1) is 20.1. The number of carbonyl (C=O) groups is 1. The maximum atomic E-state index is 12.3. The van der Waals surface area contributed by atoms with Crippen molar-refractivity contribution >= 4 is 29.3 Å². The Morgan fingerprint density at radius 2 is 1.96 bits per heavy atom. The summed E-state index contributed by atoms with van der Waals surface area (Å²) in [7, 11) is 0. The number of hydrogen-bond acceptors (Lipinski definition) is 3. The Hall–Kier alpha value is -1.65. The molecule has 0 radical (unpaired) electrons. The molecule has 2 aromatic carbocycles. The van der Waals surface area contributed by atoms with Gasteiger partial charge in [0.2, 0.25) is 0 Å². The zero-order valence-corrected chi connectivity index (χ0v) is 17.2. The van der Waals surface area contributed by atoms with Crippen molar-refractivity contribution < 1.29 is 9.53 Å². The van der Waals surface area contributed by atoms with Crippen LogP contribution in [-0.2, 0) is 23.4 Å². The SMILES string of the molecule is C[C@@H](Oc1ccc2c(c1)CCCC2)C(=O)NCCSCc1ccccc1Cl. The van der Waals surface area contributed by atoms with Crippen LogP contribution in [0, 0.1) is 0 Å². The molecule has 2 aromatic rings. The Kier molecular flexibility index (Phi) is 7.48. The van der Waals surface area contributed by atoms with E-state index in [1.165, 1.54) is 24.0 Å². The number of benzene rings is 2. The molecule has 0 bridgehead atoms. The Bertz CT molecular complexity index is 781. The first-order valence-corrected chi connectivity index (χ1v) is 11.0. The van der Waals surface area contributed by atoms with Crippen LogP contribution < -0.4 is 10.1 Å². The van der Waals surface area contributed by atoms with E-state index in [0.717, 1.165) is 40.7 Å². The summed E-state index contributed by atoms with van der Waals surface area (Å²) in [5, 5.41) is 3.74. The van der Waals surface area contributed by atoms with Crippen molar-refractivity contribution in [3.05, 3.63) is 64.2 Å². The van der Waals surface area contributed by atoms with Gasteiger partial charge in [-0.1, -0.05) is 35.9 Å². The highest BCUT2D eigenvalue weighted by Gasteiger charge is 2.16. The minimum atomic E-state index is -0.500. The minimum absolute atomic E-state index is 0.0777. The molecule has 0 saturated carbocycles. The topological polar surface area (TPSA) is 38.3 Å². The highest BCUT2D eigenvalue weighted by atomic mass is 35.5. The van der Waals surface area contributed by atoms with E-state index in [0.29, 0.717) is 6.54 Å². The van der Waals surface area contributed by atoms with Crippen LogP contribution in [0.25, 0.3) is 0 Å². The van der Waals surface area contributed by atoms with Gasteiger partial charge >= 0.3 is 0 Å². The molecular formula is C22H26ClNO2S. The van der Waals surface area contributed by atoms with Crippen molar-refractivity contribution in [1.29, 1.82) is 0 Å². The van der Waals surface area contributed by atoms with Crippen molar-refractivity contribution in [3.8, 4) is 5.75 Å². The lowest BCUT2D eigenvalue weighted by Gasteiger charge is -2.19. The van der Waals surface area contributed by atoms with Gasteiger partial charge < -0.3 is 10.1 Å². The van der Waals surface area contributed by atoms with Crippen LogP contribution in [0.5, 0.6) is 5.75 Å². The molecule has 27 heavy (non-hydrogen) atoms. The van der Waals surface area contributed by atoms with E-state index in [-0.39, 0.29) is 5.91 Å².